The fourth-order valence-electron chi connectivity index (χ4n) is 5.27. The zero-order valence-electron chi connectivity index (χ0n) is 13.7. The summed E-state index contributed by atoms with van der Waals surface area (Å²) in [6, 6.07) is 0.942. The fourth-order valence-corrected chi connectivity index (χ4v) is 5.27. The lowest BCUT2D eigenvalue weighted by molar-refractivity contribution is 0.0676. The van der Waals surface area contributed by atoms with E-state index in [1.165, 1.54) is 77.4 Å². The molecule has 2 saturated carbocycles. The quantitative estimate of drug-likeness (QED) is 0.844. The average molecular weight is 278 g/mol. The zero-order valence-corrected chi connectivity index (χ0v) is 13.7. The van der Waals surface area contributed by atoms with Crippen LogP contribution >= 0.6 is 0 Å². The van der Waals surface area contributed by atoms with Gasteiger partial charge in [-0.15, -0.1) is 0 Å². The van der Waals surface area contributed by atoms with Crippen LogP contribution < -0.4 is 5.32 Å². The summed E-state index contributed by atoms with van der Waals surface area (Å²) < 4.78 is 0. The lowest BCUT2D eigenvalue weighted by atomic mass is 9.70. The summed E-state index contributed by atoms with van der Waals surface area (Å²) in [4.78, 5) is 2.90. The molecule has 2 heteroatoms. The SMILES string of the molecule is CNCC1(CN2CCC3CCCCC32)CCC(C)CC1. The number of rotatable bonds is 4. The highest BCUT2D eigenvalue weighted by Gasteiger charge is 2.41. The van der Waals surface area contributed by atoms with Crippen molar-refractivity contribution >= 4 is 0 Å². The first kappa shape index (κ1) is 14.8. The van der Waals surface area contributed by atoms with E-state index in [2.05, 4.69) is 24.2 Å². The van der Waals surface area contributed by atoms with E-state index in [1.807, 2.05) is 0 Å². The van der Waals surface area contributed by atoms with Crippen LogP contribution in [-0.2, 0) is 0 Å². The van der Waals surface area contributed by atoms with Gasteiger partial charge in [-0.3, -0.25) is 4.90 Å². The van der Waals surface area contributed by atoms with Gasteiger partial charge in [-0.25, -0.2) is 0 Å². The normalized spacial score (nSPS) is 42.6. The van der Waals surface area contributed by atoms with Gasteiger partial charge < -0.3 is 5.32 Å². The second-order valence-electron chi connectivity index (χ2n) is 8.08. The Labute approximate surface area is 125 Å². The van der Waals surface area contributed by atoms with Gasteiger partial charge in [0.25, 0.3) is 0 Å². The van der Waals surface area contributed by atoms with Gasteiger partial charge in [-0.1, -0.05) is 32.6 Å². The molecule has 3 rings (SSSR count). The maximum Gasteiger partial charge on any atom is 0.0124 e. The van der Waals surface area contributed by atoms with E-state index in [1.54, 1.807) is 0 Å². The molecule has 1 N–H and O–H groups in total. The number of nitrogens with zero attached hydrogens (tertiary/aromatic N) is 1. The second-order valence-corrected chi connectivity index (χ2v) is 8.08. The Kier molecular flexibility index (Phi) is 4.72. The highest BCUT2D eigenvalue weighted by molar-refractivity contribution is 4.95. The molecule has 2 aliphatic carbocycles. The third-order valence-corrected chi connectivity index (χ3v) is 6.55. The van der Waals surface area contributed by atoms with Gasteiger partial charge in [-0.2, -0.15) is 0 Å². The Morgan fingerprint density at radius 3 is 2.55 bits per heavy atom. The molecule has 0 radical (unpaired) electrons. The topological polar surface area (TPSA) is 15.3 Å². The summed E-state index contributed by atoms with van der Waals surface area (Å²) >= 11 is 0. The molecule has 1 aliphatic heterocycles. The smallest absolute Gasteiger partial charge is 0.0124 e. The number of hydrogen-bond acceptors (Lipinski definition) is 2. The molecule has 2 atom stereocenters. The molecule has 0 spiro atoms. The summed E-state index contributed by atoms with van der Waals surface area (Å²) in [5.74, 6) is 2.00. The zero-order chi connectivity index (χ0) is 14.0. The molecule has 0 aromatic rings. The summed E-state index contributed by atoms with van der Waals surface area (Å²) in [7, 11) is 2.15. The molecule has 0 aromatic heterocycles. The Bertz CT molecular complexity index is 307. The molecule has 1 saturated heterocycles. The van der Waals surface area contributed by atoms with Gasteiger partial charge in [0.15, 0.2) is 0 Å². The summed E-state index contributed by atoms with van der Waals surface area (Å²) in [5.41, 5.74) is 0.577. The first-order valence-corrected chi connectivity index (χ1v) is 9.11. The monoisotopic (exact) mass is 278 g/mol. The maximum atomic E-state index is 3.51. The van der Waals surface area contributed by atoms with Crippen LogP contribution in [0.3, 0.4) is 0 Å². The number of hydrogen-bond donors (Lipinski definition) is 1. The van der Waals surface area contributed by atoms with Crippen LogP contribution in [0.2, 0.25) is 0 Å². The Morgan fingerprint density at radius 1 is 1.05 bits per heavy atom. The van der Waals surface area contributed by atoms with E-state index in [0.717, 1.165) is 17.9 Å². The molecular weight excluding hydrogens is 244 g/mol. The molecular formula is C18H34N2. The van der Waals surface area contributed by atoms with Crippen molar-refractivity contribution < 1.29 is 0 Å². The Balaban J connectivity index is 1.64. The fraction of sp³-hybridized carbons (Fsp3) is 1.00. The van der Waals surface area contributed by atoms with Crippen LogP contribution in [0.5, 0.6) is 0 Å². The molecule has 0 amide bonds. The largest absolute Gasteiger partial charge is 0.319 e. The van der Waals surface area contributed by atoms with Gasteiger partial charge in [0.2, 0.25) is 0 Å². The van der Waals surface area contributed by atoms with Crippen LogP contribution in [0.15, 0.2) is 0 Å². The molecule has 20 heavy (non-hydrogen) atoms. The van der Waals surface area contributed by atoms with Crippen molar-refractivity contribution in [1.82, 2.24) is 10.2 Å². The van der Waals surface area contributed by atoms with E-state index in [0.29, 0.717) is 5.41 Å². The second kappa shape index (κ2) is 6.36. The molecule has 116 valence electrons. The third kappa shape index (κ3) is 3.06. The minimum atomic E-state index is 0.577. The van der Waals surface area contributed by atoms with Gasteiger partial charge >= 0.3 is 0 Å². The number of likely N-dealkylation sites (tertiary alicyclic amines) is 1. The van der Waals surface area contributed by atoms with Gasteiger partial charge in [0.1, 0.15) is 0 Å². The number of nitrogens with one attached hydrogen (secondary N) is 1. The maximum absolute atomic E-state index is 3.51. The molecule has 2 nitrogen and oxygen atoms in total. The van der Waals surface area contributed by atoms with E-state index in [-0.39, 0.29) is 0 Å². The molecule has 3 fully saturated rings. The minimum Gasteiger partial charge on any atom is -0.319 e. The van der Waals surface area contributed by atoms with Crippen molar-refractivity contribution in [3.63, 3.8) is 0 Å². The average Bonchev–Trinajstić information content (AvgIpc) is 2.86. The lowest BCUT2D eigenvalue weighted by Crippen LogP contribution is -2.48. The standard InChI is InChI=1S/C18H34N2/c1-15-7-10-18(11-8-15,13-19-2)14-20-12-9-16-5-3-4-6-17(16)20/h15-17,19H,3-14H2,1-2H3. The first-order valence-electron chi connectivity index (χ1n) is 9.11. The Morgan fingerprint density at radius 2 is 1.80 bits per heavy atom. The van der Waals surface area contributed by atoms with Crippen LogP contribution in [-0.4, -0.2) is 37.6 Å². The van der Waals surface area contributed by atoms with Crippen molar-refractivity contribution in [2.45, 2.75) is 70.8 Å². The van der Waals surface area contributed by atoms with Crippen LogP contribution in [0.25, 0.3) is 0 Å². The Hall–Kier alpha value is -0.0800. The molecule has 0 aromatic carbocycles. The van der Waals surface area contributed by atoms with Crippen molar-refractivity contribution in [2.75, 3.05) is 26.7 Å². The highest BCUT2D eigenvalue weighted by Crippen LogP contribution is 2.43. The predicted molar refractivity (Wildman–Crippen MR) is 85.9 cm³/mol. The third-order valence-electron chi connectivity index (χ3n) is 6.55. The van der Waals surface area contributed by atoms with Gasteiger partial charge in [-0.05, 0) is 62.9 Å². The van der Waals surface area contributed by atoms with E-state index < -0.39 is 0 Å². The van der Waals surface area contributed by atoms with E-state index in [4.69, 9.17) is 0 Å². The van der Waals surface area contributed by atoms with Crippen molar-refractivity contribution in [3.05, 3.63) is 0 Å². The van der Waals surface area contributed by atoms with E-state index >= 15 is 0 Å². The highest BCUT2D eigenvalue weighted by atomic mass is 15.2. The van der Waals surface area contributed by atoms with Crippen LogP contribution in [0.1, 0.15) is 64.7 Å². The lowest BCUT2D eigenvalue weighted by Gasteiger charge is -2.44. The van der Waals surface area contributed by atoms with Crippen molar-refractivity contribution in [1.29, 1.82) is 0 Å². The molecule has 0 bridgehead atoms. The van der Waals surface area contributed by atoms with Crippen LogP contribution in [0.4, 0.5) is 0 Å². The summed E-state index contributed by atoms with van der Waals surface area (Å²) in [6.07, 6.45) is 13.2. The van der Waals surface area contributed by atoms with Crippen molar-refractivity contribution in [3.8, 4) is 0 Å². The summed E-state index contributed by atoms with van der Waals surface area (Å²) in [6.45, 7) is 6.43. The van der Waals surface area contributed by atoms with Crippen molar-refractivity contribution in [2.24, 2.45) is 17.3 Å². The molecule has 3 aliphatic rings. The van der Waals surface area contributed by atoms with Gasteiger partial charge in [0.05, 0.1) is 0 Å². The van der Waals surface area contributed by atoms with Gasteiger partial charge in [0, 0.05) is 19.1 Å². The predicted octanol–water partition coefficient (Wildman–Crippen LogP) is 3.67. The van der Waals surface area contributed by atoms with Crippen LogP contribution in [0, 0.1) is 17.3 Å². The summed E-state index contributed by atoms with van der Waals surface area (Å²) in [5, 5.41) is 3.51. The first-order chi connectivity index (χ1) is 9.72. The minimum absolute atomic E-state index is 0.577. The number of fused-ring (bicyclic) bond motifs is 1. The van der Waals surface area contributed by atoms with E-state index in [9.17, 15) is 0 Å². The molecule has 1 heterocycles. The molecule has 2 unspecified atom stereocenters.